The van der Waals surface area contributed by atoms with Crippen LogP contribution in [0.2, 0.25) is 0 Å². The minimum Gasteiger partial charge on any atom is -0.454 e. The highest BCUT2D eigenvalue weighted by molar-refractivity contribution is 6.14. The molecule has 9 nitrogen and oxygen atoms in total. The number of imide groups is 1. The predicted molar refractivity (Wildman–Crippen MR) is 77.6 cm³/mol. The van der Waals surface area contributed by atoms with Crippen molar-refractivity contribution in [2.75, 3.05) is 13.3 Å². The normalized spacial score (nSPS) is 17.6. The lowest BCUT2D eigenvalue weighted by Gasteiger charge is -2.06. The molecular weight excluding hydrogens is 306 g/mol. The summed E-state index contributed by atoms with van der Waals surface area (Å²) in [6, 6.07) is 2.00. The number of urea groups is 1. The molecule has 2 aliphatic rings. The van der Waals surface area contributed by atoms with Gasteiger partial charge in [-0.3, -0.25) is 19.8 Å². The van der Waals surface area contributed by atoms with Crippen molar-refractivity contribution in [2.24, 2.45) is 0 Å². The maximum atomic E-state index is 12.1. The zero-order chi connectivity index (χ0) is 16.6. The van der Waals surface area contributed by atoms with Gasteiger partial charge in [-0.25, -0.2) is 4.79 Å². The Balaban J connectivity index is 2.02. The Morgan fingerprint density at radius 2 is 2.04 bits per heavy atom. The van der Waals surface area contributed by atoms with Gasteiger partial charge in [0.25, 0.3) is 11.6 Å². The van der Waals surface area contributed by atoms with Gasteiger partial charge >= 0.3 is 6.03 Å². The lowest BCUT2D eigenvalue weighted by Crippen LogP contribution is -2.30. The minimum atomic E-state index is -0.607. The molecule has 0 radical (unpaired) electrons. The Kier molecular flexibility index (Phi) is 3.45. The van der Waals surface area contributed by atoms with Crippen molar-refractivity contribution in [1.82, 2.24) is 10.2 Å². The Bertz CT molecular complexity index is 770. The van der Waals surface area contributed by atoms with Crippen LogP contribution in [0.3, 0.4) is 0 Å². The third kappa shape index (κ3) is 2.48. The Morgan fingerprint density at radius 3 is 2.70 bits per heavy atom. The molecule has 0 bridgehead atoms. The topological polar surface area (TPSA) is 111 Å². The fourth-order valence-corrected chi connectivity index (χ4v) is 2.24. The van der Waals surface area contributed by atoms with Crippen molar-refractivity contribution in [3.63, 3.8) is 0 Å². The lowest BCUT2D eigenvalue weighted by molar-refractivity contribution is -0.385. The van der Waals surface area contributed by atoms with Crippen LogP contribution in [-0.4, -0.2) is 35.1 Å². The number of rotatable bonds is 4. The SMILES string of the molecule is C=CCN1C(=O)N/C(=C\c2cc3c(cc2[N+](=O)[O-])OCO3)C1=O. The van der Waals surface area contributed by atoms with Crippen LogP contribution >= 0.6 is 0 Å². The highest BCUT2D eigenvalue weighted by atomic mass is 16.7. The molecule has 0 unspecified atom stereocenters. The van der Waals surface area contributed by atoms with Crippen LogP contribution in [0.5, 0.6) is 11.5 Å². The summed E-state index contributed by atoms with van der Waals surface area (Å²) in [5, 5.41) is 13.6. The molecule has 1 aromatic carbocycles. The first-order valence-electron chi connectivity index (χ1n) is 6.54. The maximum absolute atomic E-state index is 12.1. The highest BCUT2D eigenvalue weighted by Gasteiger charge is 2.33. The van der Waals surface area contributed by atoms with Crippen molar-refractivity contribution in [2.45, 2.75) is 0 Å². The number of nitrogens with one attached hydrogen (secondary N) is 1. The molecule has 2 aliphatic heterocycles. The van der Waals surface area contributed by atoms with Gasteiger partial charge in [0.05, 0.1) is 16.6 Å². The number of hydrogen-bond donors (Lipinski definition) is 1. The Morgan fingerprint density at radius 1 is 1.35 bits per heavy atom. The van der Waals surface area contributed by atoms with Gasteiger partial charge in [-0.2, -0.15) is 0 Å². The number of nitro groups is 1. The van der Waals surface area contributed by atoms with E-state index >= 15 is 0 Å². The van der Waals surface area contributed by atoms with E-state index in [1.54, 1.807) is 0 Å². The van der Waals surface area contributed by atoms with Gasteiger partial charge in [0.15, 0.2) is 11.5 Å². The van der Waals surface area contributed by atoms with Gasteiger partial charge in [-0.05, 0) is 12.1 Å². The molecular formula is C14H11N3O6. The second-order valence-corrected chi connectivity index (χ2v) is 4.71. The Hall–Kier alpha value is -3.36. The third-order valence-corrected chi connectivity index (χ3v) is 3.29. The van der Waals surface area contributed by atoms with Gasteiger partial charge in [0.1, 0.15) is 5.70 Å². The van der Waals surface area contributed by atoms with Gasteiger partial charge < -0.3 is 14.8 Å². The van der Waals surface area contributed by atoms with Crippen molar-refractivity contribution in [1.29, 1.82) is 0 Å². The Labute approximate surface area is 129 Å². The molecule has 0 aliphatic carbocycles. The quantitative estimate of drug-likeness (QED) is 0.295. The van der Waals surface area contributed by atoms with E-state index in [1.807, 2.05) is 0 Å². The van der Waals surface area contributed by atoms with Crippen molar-refractivity contribution in [3.05, 3.63) is 46.2 Å². The van der Waals surface area contributed by atoms with E-state index in [4.69, 9.17) is 9.47 Å². The van der Waals surface area contributed by atoms with Crippen LogP contribution in [-0.2, 0) is 4.79 Å². The molecule has 1 aromatic rings. The average molecular weight is 317 g/mol. The molecule has 9 heteroatoms. The van der Waals surface area contributed by atoms with Crippen LogP contribution < -0.4 is 14.8 Å². The first kappa shape index (κ1) is 14.6. The summed E-state index contributed by atoms with van der Waals surface area (Å²) in [5.74, 6) is 0.0120. The van der Waals surface area contributed by atoms with Crippen LogP contribution in [0, 0.1) is 10.1 Å². The van der Waals surface area contributed by atoms with Crippen LogP contribution in [0.25, 0.3) is 6.08 Å². The summed E-state index contributed by atoms with van der Waals surface area (Å²) in [7, 11) is 0. The molecule has 2 heterocycles. The van der Waals surface area contributed by atoms with E-state index < -0.39 is 16.9 Å². The molecule has 1 fully saturated rings. The second kappa shape index (κ2) is 5.44. The minimum absolute atomic E-state index is 0.0324. The van der Waals surface area contributed by atoms with Crippen molar-refractivity contribution < 1.29 is 24.0 Å². The number of hydrogen-bond acceptors (Lipinski definition) is 6. The van der Waals surface area contributed by atoms with Crippen molar-refractivity contribution >= 4 is 23.7 Å². The van der Waals surface area contributed by atoms with Gasteiger partial charge in [-0.15, -0.1) is 6.58 Å². The molecule has 3 amide bonds. The first-order valence-corrected chi connectivity index (χ1v) is 6.54. The van der Waals surface area contributed by atoms with E-state index in [0.29, 0.717) is 5.75 Å². The predicted octanol–water partition coefficient (Wildman–Crippen LogP) is 1.40. The van der Waals surface area contributed by atoms with E-state index in [9.17, 15) is 19.7 Å². The van der Waals surface area contributed by atoms with Crippen molar-refractivity contribution in [3.8, 4) is 11.5 Å². The number of fused-ring (bicyclic) bond motifs is 1. The summed E-state index contributed by atoms with van der Waals surface area (Å²) in [6.07, 6.45) is 2.65. The number of nitrogens with zero attached hydrogens (tertiary/aromatic N) is 2. The summed E-state index contributed by atoms with van der Waals surface area (Å²) in [6.45, 7) is 3.48. The number of nitro benzene ring substituents is 1. The lowest BCUT2D eigenvalue weighted by atomic mass is 10.1. The molecule has 23 heavy (non-hydrogen) atoms. The molecule has 3 rings (SSSR count). The van der Waals surface area contributed by atoms with E-state index in [2.05, 4.69) is 11.9 Å². The summed E-state index contributed by atoms with van der Waals surface area (Å²) in [4.78, 5) is 35.4. The molecule has 1 N–H and O–H groups in total. The largest absolute Gasteiger partial charge is 0.454 e. The molecule has 118 valence electrons. The van der Waals surface area contributed by atoms with Crippen LogP contribution in [0.15, 0.2) is 30.5 Å². The monoisotopic (exact) mass is 317 g/mol. The van der Waals surface area contributed by atoms with Gasteiger partial charge in [0.2, 0.25) is 6.79 Å². The number of ether oxygens (including phenoxy) is 2. The average Bonchev–Trinajstić information content (AvgIpc) is 3.06. The van der Waals surface area contributed by atoms with Gasteiger partial charge in [0, 0.05) is 6.54 Å². The van der Waals surface area contributed by atoms with E-state index in [0.717, 1.165) is 4.90 Å². The fraction of sp³-hybridized carbons (Fsp3) is 0.143. The summed E-state index contributed by atoms with van der Waals surface area (Å²) in [5.41, 5.74) is -0.187. The second-order valence-electron chi connectivity index (χ2n) is 4.71. The number of carbonyl (C=O) groups excluding carboxylic acids is 2. The van der Waals surface area contributed by atoms with Crippen LogP contribution in [0.4, 0.5) is 10.5 Å². The fourth-order valence-electron chi connectivity index (χ4n) is 2.24. The molecule has 0 spiro atoms. The number of carbonyl (C=O) groups is 2. The number of amides is 3. The first-order chi connectivity index (χ1) is 11.0. The smallest absolute Gasteiger partial charge is 0.329 e. The number of benzene rings is 1. The summed E-state index contributed by atoms with van der Waals surface area (Å²) >= 11 is 0. The standard InChI is InChI=1S/C14H11N3O6/c1-2-3-16-13(18)9(15-14(16)19)4-8-5-11-12(23-7-22-11)6-10(8)17(20)21/h2,4-6H,1,3,7H2,(H,15,19)/b9-4-. The molecule has 0 atom stereocenters. The summed E-state index contributed by atoms with van der Waals surface area (Å²) < 4.78 is 10.3. The maximum Gasteiger partial charge on any atom is 0.329 e. The zero-order valence-electron chi connectivity index (χ0n) is 11.8. The van der Waals surface area contributed by atoms with Crippen LogP contribution in [0.1, 0.15) is 5.56 Å². The molecule has 1 saturated heterocycles. The van der Waals surface area contributed by atoms with E-state index in [1.165, 1.54) is 24.3 Å². The molecule has 0 saturated carbocycles. The molecule has 0 aromatic heterocycles. The van der Waals surface area contributed by atoms with Gasteiger partial charge in [-0.1, -0.05) is 6.08 Å². The highest BCUT2D eigenvalue weighted by Crippen LogP contribution is 2.38. The zero-order valence-corrected chi connectivity index (χ0v) is 11.8. The third-order valence-electron chi connectivity index (χ3n) is 3.29. The van der Waals surface area contributed by atoms with E-state index in [-0.39, 0.29) is 36.0 Å².